The van der Waals surface area contributed by atoms with Crippen LogP contribution in [0.1, 0.15) is 63.3 Å². The summed E-state index contributed by atoms with van der Waals surface area (Å²) in [7, 11) is 0. The molecule has 3 rings (SSSR count). The molecule has 1 N–H and O–H groups in total. The van der Waals surface area contributed by atoms with Crippen LogP contribution in [0, 0.1) is 5.92 Å². The van der Waals surface area contributed by atoms with Gasteiger partial charge >= 0.3 is 5.97 Å². The number of aromatic nitrogens is 3. The van der Waals surface area contributed by atoms with Gasteiger partial charge in [0.2, 0.25) is 0 Å². The van der Waals surface area contributed by atoms with Crippen molar-refractivity contribution in [3.63, 3.8) is 0 Å². The smallest absolute Gasteiger partial charge is 0.323 e. The van der Waals surface area contributed by atoms with Gasteiger partial charge in [0.15, 0.2) is 0 Å². The highest BCUT2D eigenvalue weighted by molar-refractivity contribution is 5.97. The molecule has 2 aromatic rings. The third-order valence-corrected chi connectivity index (χ3v) is 5.28. The standard InChI is InChI=1S/C19H26N4O4/c1-10(2)11(3)21-8-12-16(18(21)27)22(9-15(24)25)14-7-13(19(4,5)6)20-23(14)17(12)26/h7,10-11H,8-9H2,1-6H3,(H,24,25)/t11-/m0/s1. The number of hydrogen-bond acceptors (Lipinski definition) is 4. The Morgan fingerprint density at radius 3 is 2.41 bits per heavy atom. The molecule has 0 unspecified atom stereocenters. The van der Waals surface area contributed by atoms with Gasteiger partial charge in [0.25, 0.3) is 11.5 Å². The summed E-state index contributed by atoms with van der Waals surface area (Å²) in [4.78, 5) is 39.2. The van der Waals surface area contributed by atoms with E-state index in [0.29, 0.717) is 16.9 Å². The van der Waals surface area contributed by atoms with Crippen LogP contribution in [0.5, 0.6) is 0 Å². The number of carboxylic acids is 1. The quantitative estimate of drug-likeness (QED) is 0.881. The summed E-state index contributed by atoms with van der Waals surface area (Å²) in [6.07, 6.45) is 0. The molecule has 0 fully saturated rings. The summed E-state index contributed by atoms with van der Waals surface area (Å²) >= 11 is 0. The monoisotopic (exact) mass is 374 g/mol. The van der Waals surface area contributed by atoms with Gasteiger partial charge in [-0.1, -0.05) is 34.6 Å². The Hall–Kier alpha value is -2.64. The van der Waals surface area contributed by atoms with E-state index in [2.05, 4.69) is 5.10 Å². The Morgan fingerprint density at radius 1 is 1.26 bits per heavy atom. The van der Waals surface area contributed by atoms with Crippen molar-refractivity contribution in [3.8, 4) is 0 Å². The van der Waals surface area contributed by atoms with Crippen LogP contribution in [0.2, 0.25) is 0 Å². The SMILES string of the molecule is CC(C)[C@H](C)N1Cc2c(n(CC(=O)O)c3cc(C(C)(C)C)nn3c2=O)C1=O. The number of aliphatic carboxylic acids is 1. The minimum absolute atomic E-state index is 0.0694. The van der Waals surface area contributed by atoms with Crippen LogP contribution in [0.4, 0.5) is 0 Å². The second kappa shape index (κ2) is 6.21. The van der Waals surface area contributed by atoms with Gasteiger partial charge in [-0.2, -0.15) is 9.61 Å². The molecule has 8 heteroatoms. The van der Waals surface area contributed by atoms with Gasteiger partial charge in [0.1, 0.15) is 17.9 Å². The number of fused-ring (bicyclic) bond motifs is 2. The molecule has 3 heterocycles. The second-order valence-electron chi connectivity index (χ2n) is 8.58. The largest absolute Gasteiger partial charge is 0.480 e. The molecule has 0 saturated carbocycles. The van der Waals surface area contributed by atoms with Gasteiger partial charge in [-0.25, -0.2) is 0 Å². The Morgan fingerprint density at radius 2 is 1.89 bits per heavy atom. The zero-order valence-corrected chi connectivity index (χ0v) is 16.6. The maximum absolute atomic E-state index is 13.1. The summed E-state index contributed by atoms with van der Waals surface area (Å²) in [6, 6.07) is 1.63. The van der Waals surface area contributed by atoms with Crippen molar-refractivity contribution >= 4 is 17.5 Å². The lowest BCUT2D eigenvalue weighted by Gasteiger charge is -2.27. The Kier molecular flexibility index (Phi) is 4.40. The maximum atomic E-state index is 13.1. The zero-order chi connectivity index (χ0) is 20.3. The van der Waals surface area contributed by atoms with Crippen LogP contribution in [-0.2, 0) is 23.3 Å². The van der Waals surface area contributed by atoms with Crippen molar-refractivity contribution in [1.29, 1.82) is 0 Å². The van der Waals surface area contributed by atoms with E-state index in [1.54, 1.807) is 11.0 Å². The van der Waals surface area contributed by atoms with Gasteiger partial charge in [-0.3, -0.25) is 14.4 Å². The van der Waals surface area contributed by atoms with Gasteiger partial charge in [-0.15, -0.1) is 0 Å². The highest BCUT2D eigenvalue weighted by Gasteiger charge is 2.38. The fourth-order valence-electron chi connectivity index (χ4n) is 3.34. The van der Waals surface area contributed by atoms with Crippen molar-refractivity contribution < 1.29 is 14.7 Å². The Labute approximate surface area is 157 Å². The number of carboxylic acid groups (broad SMARTS) is 1. The van der Waals surface area contributed by atoms with Gasteiger partial charge in [0.05, 0.1) is 17.8 Å². The molecule has 0 radical (unpaired) electrons. The molecule has 8 nitrogen and oxygen atoms in total. The first-order chi connectivity index (χ1) is 12.4. The summed E-state index contributed by atoms with van der Waals surface area (Å²) in [5.41, 5.74) is 0.809. The summed E-state index contributed by atoms with van der Waals surface area (Å²) in [5, 5.41) is 13.8. The summed E-state index contributed by atoms with van der Waals surface area (Å²) < 4.78 is 2.65. The number of hydrogen-bond donors (Lipinski definition) is 1. The normalized spacial score (nSPS) is 15.7. The first-order valence-corrected chi connectivity index (χ1v) is 9.12. The van der Waals surface area contributed by atoms with Crippen LogP contribution in [0.15, 0.2) is 10.9 Å². The van der Waals surface area contributed by atoms with E-state index >= 15 is 0 Å². The molecule has 0 aliphatic carbocycles. The van der Waals surface area contributed by atoms with E-state index in [1.165, 1.54) is 9.08 Å². The molecule has 0 saturated heterocycles. The maximum Gasteiger partial charge on any atom is 0.323 e. The molecule has 27 heavy (non-hydrogen) atoms. The van der Waals surface area contributed by atoms with Crippen molar-refractivity contribution in [2.75, 3.05) is 0 Å². The molecular weight excluding hydrogens is 348 g/mol. The fraction of sp³-hybridized carbons (Fsp3) is 0.579. The van der Waals surface area contributed by atoms with Crippen LogP contribution in [0.25, 0.3) is 5.65 Å². The third kappa shape index (κ3) is 3.02. The van der Waals surface area contributed by atoms with Crippen molar-refractivity contribution in [2.45, 2.75) is 66.1 Å². The molecule has 1 atom stereocenters. The number of nitrogens with zero attached hydrogens (tertiary/aromatic N) is 4. The first-order valence-electron chi connectivity index (χ1n) is 9.12. The van der Waals surface area contributed by atoms with E-state index in [1.807, 2.05) is 41.5 Å². The molecule has 146 valence electrons. The van der Waals surface area contributed by atoms with E-state index in [-0.39, 0.29) is 41.1 Å². The van der Waals surface area contributed by atoms with Crippen molar-refractivity contribution in [2.24, 2.45) is 5.92 Å². The zero-order valence-electron chi connectivity index (χ0n) is 16.6. The minimum Gasteiger partial charge on any atom is -0.480 e. The molecule has 0 aromatic carbocycles. The number of carbonyl (C=O) groups excluding carboxylic acids is 1. The molecule has 0 bridgehead atoms. The van der Waals surface area contributed by atoms with Crippen molar-refractivity contribution in [1.82, 2.24) is 19.1 Å². The van der Waals surface area contributed by atoms with Crippen LogP contribution in [-0.4, -0.2) is 42.1 Å². The lowest BCUT2D eigenvalue weighted by molar-refractivity contribution is -0.137. The molecule has 0 spiro atoms. The van der Waals surface area contributed by atoms with Crippen LogP contribution in [0.3, 0.4) is 0 Å². The first kappa shape index (κ1) is 19.1. The van der Waals surface area contributed by atoms with E-state index < -0.39 is 12.5 Å². The van der Waals surface area contributed by atoms with Crippen LogP contribution >= 0.6 is 0 Å². The van der Waals surface area contributed by atoms with Crippen LogP contribution < -0.4 is 5.56 Å². The fourth-order valence-corrected chi connectivity index (χ4v) is 3.34. The Balaban J connectivity index is 2.30. The number of carbonyl (C=O) groups is 2. The predicted octanol–water partition coefficient (Wildman–Crippen LogP) is 1.88. The summed E-state index contributed by atoms with van der Waals surface area (Å²) in [6.45, 7) is 11.6. The average molecular weight is 374 g/mol. The highest BCUT2D eigenvalue weighted by atomic mass is 16.4. The lowest BCUT2D eigenvalue weighted by atomic mass is 9.93. The van der Waals surface area contributed by atoms with E-state index in [9.17, 15) is 19.5 Å². The minimum atomic E-state index is -1.08. The second-order valence-corrected chi connectivity index (χ2v) is 8.58. The van der Waals surface area contributed by atoms with Gasteiger partial charge in [-0.05, 0) is 12.8 Å². The molecule has 1 amide bonds. The van der Waals surface area contributed by atoms with Gasteiger partial charge < -0.3 is 14.6 Å². The highest BCUT2D eigenvalue weighted by Crippen LogP contribution is 2.28. The Bertz CT molecular complexity index is 994. The van der Waals surface area contributed by atoms with Gasteiger partial charge in [0, 0.05) is 17.5 Å². The van der Waals surface area contributed by atoms with E-state index in [0.717, 1.165) is 0 Å². The molecule has 1 aliphatic heterocycles. The topological polar surface area (TPSA) is 96.9 Å². The third-order valence-electron chi connectivity index (χ3n) is 5.28. The van der Waals surface area contributed by atoms with E-state index in [4.69, 9.17) is 0 Å². The predicted molar refractivity (Wildman–Crippen MR) is 100.0 cm³/mol. The van der Waals surface area contributed by atoms with Crippen molar-refractivity contribution in [3.05, 3.63) is 33.4 Å². The summed E-state index contributed by atoms with van der Waals surface area (Å²) in [5.74, 6) is -1.17. The number of rotatable bonds is 4. The number of amides is 1. The molecule has 1 aliphatic rings. The molecule has 2 aromatic heterocycles. The lowest BCUT2D eigenvalue weighted by Crippen LogP contribution is -2.37. The molecular formula is C19H26N4O4. The average Bonchev–Trinajstić information content (AvgIpc) is 3.13.